The second-order valence-corrected chi connectivity index (χ2v) is 9.02. The molecule has 0 bridgehead atoms. The minimum Gasteiger partial charge on any atom is -0.486 e. The van der Waals surface area contributed by atoms with E-state index in [1.165, 1.54) is 30.3 Å². The SMILES string of the molecule is CCC(C)NC(=O)CCNC(=O)c1ccccc1NS(=O)(=O)c1ccc2c(c1)OCCO2. The molecule has 0 fully saturated rings. The number of fused-ring (bicyclic) bond motifs is 1. The Balaban J connectivity index is 1.68. The van der Waals surface area contributed by atoms with Gasteiger partial charge in [0.1, 0.15) is 13.2 Å². The maximum absolute atomic E-state index is 12.9. The van der Waals surface area contributed by atoms with Crippen molar-refractivity contribution >= 4 is 27.5 Å². The lowest BCUT2D eigenvalue weighted by atomic mass is 10.1. The minimum absolute atomic E-state index is 0.0151. The summed E-state index contributed by atoms with van der Waals surface area (Å²) in [6, 6.07) is 10.7. The van der Waals surface area contributed by atoms with Crippen LogP contribution in [0, 0.1) is 0 Å². The number of ether oxygens (including phenoxy) is 2. The van der Waals surface area contributed by atoms with Crippen LogP contribution in [0.3, 0.4) is 0 Å². The first-order chi connectivity index (χ1) is 15.3. The predicted octanol–water partition coefficient (Wildman–Crippen LogP) is 2.29. The van der Waals surface area contributed by atoms with Gasteiger partial charge in [0, 0.05) is 25.1 Å². The Hall–Kier alpha value is -3.27. The lowest BCUT2D eigenvalue weighted by Gasteiger charge is -2.19. The second-order valence-electron chi connectivity index (χ2n) is 7.34. The van der Waals surface area contributed by atoms with Gasteiger partial charge >= 0.3 is 0 Å². The van der Waals surface area contributed by atoms with Crippen molar-refractivity contribution in [2.45, 2.75) is 37.6 Å². The third-order valence-electron chi connectivity index (χ3n) is 4.90. The molecule has 2 aromatic rings. The van der Waals surface area contributed by atoms with E-state index >= 15 is 0 Å². The molecule has 1 heterocycles. The summed E-state index contributed by atoms with van der Waals surface area (Å²) in [6.07, 6.45) is 0.941. The van der Waals surface area contributed by atoms with Crippen molar-refractivity contribution in [3.8, 4) is 11.5 Å². The van der Waals surface area contributed by atoms with E-state index in [0.29, 0.717) is 24.7 Å². The van der Waals surface area contributed by atoms with Crippen LogP contribution < -0.4 is 24.8 Å². The molecule has 1 atom stereocenters. The second kappa shape index (κ2) is 10.4. The van der Waals surface area contributed by atoms with E-state index in [2.05, 4.69) is 15.4 Å². The van der Waals surface area contributed by atoms with E-state index in [9.17, 15) is 18.0 Å². The van der Waals surface area contributed by atoms with Gasteiger partial charge in [0.25, 0.3) is 15.9 Å². The van der Waals surface area contributed by atoms with Crippen molar-refractivity contribution in [2.24, 2.45) is 0 Å². The highest BCUT2D eigenvalue weighted by atomic mass is 32.2. The van der Waals surface area contributed by atoms with Crippen molar-refractivity contribution in [1.29, 1.82) is 0 Å². The number of rotatable bonds is 9. The van der Waals surface area contributed by atoms with E-state index in [-0.39, 0.29) is 41.1 Å². The lowest BCUT2D eigenvalue weighted by molar-refractivity contribution is -0.121. The summed E-state index contributed by atoms with van der Waals surface area (Å²) >= 11 is 0. The molecule has 0 aromatic heterocycles. The van der Waals surface area contributed by atoms with E-state index in [4.69, 9.17) is 9.47 Å². The normalized spacial score (nSPS) is 13.7. The van der Waals surface area contributed by atoms with Crippen molar-refractivity contribution in [1.82, 2.24) is 10.6 Å². The molecular weight excluding hydrogens is 434 g/mol. The fraction of sp³-hybridized carbons (Fsp3) is 0.364. The van der Waals surface area contributed by atoms with Gasteiger partial charge < -0.3 is 20.1 Å². The molecule has 2 amide bonds. The van der Waals surface area contributed by atoms with Crippen LogP contribution in [0.25, 0.3) is 0 Å². The number of benzene rings is 2. The fourth-order valence-electron chi connectivity index (χ4n) is 3.00. The first kappa shape index (κ1) is 23.4. The monoisotopic (exact) mass is 461 g/mol. The Morgan fingerprint density at radius 1 is 1.06 bits per heavy atom. The molecule has 3 rings (SSSR count). The van der Waals surface area contributed by atoms with Gasteiger partial charge in [-0.15, -0.1) is 0 Å². The minimum atomic E-state index is -3.98. The Bertz CT molecular complexity index is 1090. The molecule has 0 aliphatic carbocycles. The Kier molecular flexibility index (Phi) is 7.57. The highest BCUT2D eigenvalue weighted by Crippen LogP contribution is 2.33. The molecule has 0 saturated carbocycles. The largest absolute Gasteiger partial charge is 0.486 e. The molecule has 0 saturated heterocycles. The zero-order valence-corrected chi connectivity index (χ0v) is 18.8. The molecule has 2 aromatic carbocycles. The van der Waals surface area contributed by atoms with Crippen LogP contribution >= 0.6 is 0 Å². The number of amides is 2. The number of para-hydroxylation sites is 1. The number of hydrogen-bond donors (Lipinski definition) is 3. The molecule has 1 unspecified atom stereocenters. The molecule has 0 radical (unpaired) electrons. The van der Waals surface area contributed by atoms with Crippen LogP contribution in [0.1, 0.15) is 37.0 Å². The summed E-state index contributed by atoms with van der Waals surface area (Å²) in [7, 11) is -3.98. The first-order valence-electron chi connectivity index (χ1n) is 10.4. The Morgan fingerprint density at radius 2 is 1.78 bits per heavy atom. The summed E-state index contributed by atoms with van der Waals surface area (Å²) < 4.78 is 39.1. The molecule has 10 heteroatoms. The van der Waals surface area contributed by atoms with E-state index in [1.807, 2.05) is 13.8 Å². The third-order valence-corrected chi connectivity index (χ3v) is 6.26. The zero-order valence-electron chi connectivity index (χ0n) is 18.0. The van der Waals surface area contributed by atoms with Gasteiger partial charge in [0.05, 0.1) is 16.1 Å². The number of carbonyl (C=O) groups excluding carboxylic acids is 2. The van der Waals surface area contributed by atoms with Crippen LogP contribution in [-0.2, 0) is 14.8 Å². The molecule has 172 valence electrons. The average molecular weight is 462 g/mol. The summed E-state index contributed by atoms with van der Waals surface area (Å²) in [4.78, 5) is 24.5. The number of anilines is 1. The molecule has 32 heavy (non-hydrogen) atoms. The molecule has 9 nitrogen and oxygen atoms in total. The number of carbonyl (C=O) groups is 2. The maximum atomic E-state index is 12.9. The molecule has 1 aliphatic rings. The summed E-state index contributed by atoms with van der Waals surface area (Å²) in [5.74, 6) is 0.183. The van der Waals surface area contributed by atoms with Gasteiger partial charge in [-0.05, 0) is 37.6 Å². The quantitative estimate of drug-likeness (QED) is 0.527. The van der Waals surface area contributed by atoms with E-state index in [0.717, 1.165) is 6.42 Å². The average Bonchev–Trinajstić information content (AvgIpc) is 2.78. The van der Waals surface area contributed by atoms with E-state index < -0.39 is 15.9 Å². The number of nitrogens with one attached hydrogen (secondary N) is 3. The van der Waals surface area contributed by atoms with Crippen molar-refractivity contribution in [2.75, 3.05) is 24.5 Å². The molecule has 3 N–H and O–H groups in total. The van der Waals surface area contributed by atoms with Crippen LogP contribution in [0.2, 0.25) is 0 Å². The highest BCUT2D eigenvalue weighted by Gasteiger charge is 2.22. The van der Waals surface area contributed by atoms with Gasteiger partial charge in [-0.25, -0.2) is 8.42 Å². The Labute approximate surface area is 187 Å². The zero-order chi connectivity index (χ0) is 23.1. The third kappa shape index (κ3) is 5.91. The first-order valence-corrected chi connectivity index (χ1v) is 11.9. The predicted molar refractivity (Wildman–Crippen MR) is 120 cm³/mol. The fourth-order valence-corrected chi connectivity index (χ4v) is 4.09. The van der Waals surface area contributed by atoms with Crippen molar-refractivity contribution in [3.63, 3.8) is 0 Å². The summed E-state index contributed by atoms with van der Waals surface area (Å²) in [5.41, 5.74) is 0.278. The van der Waals surface area contributed by atoms with E-state index in [1.54, 1.807) is 12.1 Å². The van der Waals surface area contributed by atoms with Gasteiger partial charge in [-0.1, -0.05) is 19.1 Å². The van der Waals surface area contributed by atoms with Crippen molar-refractivity contribution < 1.29 is 27.5 Å². The maximum Gasteiger partial charge on any atom is 0.262 e. The standard InChI is InChI=1S/C22H27N3O6S/c1-3-15(2)24-21(26)10-11-23-22(27)17-6-4-5-7-18(17)25-32(28,29)16-8-9-19-20(14-16)31-13-12-30-19/h4-9,14-15,25H,3,10-13H2,1-2H3,(H,23,27)(H,24,26). The highest BCUT2D eigenvalue weighted by molar-refractivity contribution is 7.92. The van der Waals surface area contributed by atoms with Gasteiger partial charge in [-0.3, -0.25) is 14.3 Å². The summed E-state index contributed by atoms with van der Waals surface area (Å²) in [5, 5.41) is 5.48. The molecule has 1 aliphatic heterocycles. The lowest BCUT2D eigenvalue weighted by Crippen LogP contribution is -2.35. The van der Waals surface area contributed by atoms with Crippen LogP contribution in [0.4, 0.5) is 5.69 Å². The van der Waals surface area contributed by atoms with Crippen LogP contribution in [0.5, 0.6) is 11.5 Å². The summed E-state index contributed by atoms with van der Waals surface area (Å²) in [6.45, 7) is 4.74. The Morgan fingerprint density at radius 3 is 2.53 bits per heavy atom. The van der Waals surface area contributed by atoms with Crippen LogP contribution in [-0.4, -0.2) is 46.0 Å². The van der Waals surface area contributed by atoms with Gasteiger partial charge in [-0.2, -0.15) is 0 Å². The number of sulfonamides is 1. The van der Waals surface area contributed by atoms with Crippen LogP contribution in [0.15, 0.2) is 47.4 Å². The van der Waals surface area contributed by atoms with Gasteiger partial charge in [0.2, 0.25) is 5.91 Å². The smallest absolute Gasteiger partial charge is 0.262 e. The van der Waals surface area contributed by atoms with Gasteiger partial charge in [0.15, 0.2) is 11.5 Å². The molecular formula is C22H27N3O6S. The number of hydrogen-bond acceptors (Lipinski definition) is 6. The van der Waals surface area contributed by atoms with Crippen molar-refractivity contribution in [3.05, 3.63) is 48.0 Å². The molecule has 0 spiro atoms. The topological polar surface area (TPSA) is 123 Å².